The van der Waals surface area contributed by atoms with E-state index in [4.69, 9.17) is 4.74 Å². The fraction of sp³-hybridized carbons (Fsp3) is 0.571. The van der Waals surface area contributed by atoms with Gasteiger partial charge in [-0.25, -0.2) is 8.42 Å². The summed E-state index contributed by atoms with van der Waals surface area (Å²) in [5.41, 5.74) is 0.692. The Hall–Kier alpha value is -1.11. The molecule has 0 aromatic heterocycles. The first kappa shape index (κ1) is 15.3. The summed E-state index contributed by atoms with van der Waals surface area (Å²) >= 11 is 0. The quantitative estimate of drug-likeness (QED) is 0.800. The van der Waals surface area contributed by atoms with Crippen LogP contribution >= 0.6 is 0 Å². The summed E-state index contributed by atoms with van der Waals surface area (Å²) in [5, 5.41) is 3.22. The second kappa shape index (κ2) is 7.06. The fourth-order valence-corrected chi connectivity index (χ4v) is 3.15. The van der Waals surface area contributed by atoms with Crippen LogP contribution < -0.4 is 5.32 Å². The van der Waals surface area contributed by atoms with Crippen LogP contribution in [0.1, 0.15) is 6.42 Å². The van der Waals surface area contributed by atoms with Gasteiger partial charge in [-0.2, -0.15) is 0 Å². The zero-order chi connectivity index (χ0) is 14.4. The largest absolute Gasteiger partial charge is 0.384 e. The van der Waals surface area contributed by atoms with Gasteiger partial charge in [0.25, 0.3) is 0 Å². The molecule has 0 aliphatic carbocycles. The number of para-hydroxylation sites is 1. The Morgan fingerprint density at radius 2 is 1.95 bits per heavy atom. The molecule has 0 unspecified atom stereocenters. The van der Waals surface area contributed by atoms with Crippen molar-refractivity contribution >= 4 is 15.5 Å². The standard InChI is InChI=1S/C14H22N2O3S/c1-20(17,18)14-6-3-2-5-13(14)15-7-4-8-16-9-11-19-12-10-16/h2-3,5-6,15H,4,7-12H2,1H3. The second-order valence-electron chi connectivity index (χ2n) is 5.00. The number of hydrogen-bond donors (Lipinski definition) is 1. The summed E-state index contributed by atoms with van der Waals surface area (Å²) in [5.74, 6) is 0. The van der Waals surface area contributed by atoms with E-state index in [1.807, 2.05) is 12.1 Å². The van der Waals surface area contributed by atoms with Gasteiger partial charge < -0.3 is 10.1 Å². The lowest BCUT2D eigenvalue weighted by atomic mass is 10.3. The number of ether oxygens (including phenoxy) is 1. The molecule has 1 heterocycles. The molecule has 1 N–H and O–H groups in total. The molecule has 0 saturated carbocycles. The van der Waals surface area contributed by atoms with Crippen molar-refractivity contribution in [3.05, 3.63) is 24.3 Å². The molecule has 1 aromatic carbocycles. The van der Waals surface area contributed by atoms with Crippen molar-refractivity contribution in [2.24, 2.45) is 0 Å². The molecule has 5 nitrogen and oxygen atoms in total. The van der Waals surface area contributed by atoms with E-state index in [0.29, 0.717) is 10.6 Å². The first-order valence-corrected chi connectivity index (χ1v) is 8.79. The van der Waals surface area contributed by atoms with Gasteiger partial charge in [-0.15, -0.1) is 0 Å². The van der Waals surface area contributed by atoms with Crippen molar-refractivity contribution in [3.8, 4) is 0 Å². The van der Waals surface area contributed by atoms with Crippen LogP contribution in [0.2, 0.25) is 0 Å². The third-order valence-electron chi connectivity index (χ3n) is 3.36. The van der Waals surface area contributed by atoms with Crippen LogP contribution in [-0.2, 0) is 14.6 Å². The summed E-state index contributed by atoms with van der Waals surface area (Å²) in [7, 11) is -3.18. The van der Waals surface area contributed by atoms with Crippen LogP contribution in [0.3, 0.4) is 0 Å². The molecule has 6 heteroatoms. The minimum absolute atomic E-state index is 0.367. The zero-order valence-corrected chi connectivity index (χ0v) is 12.7. The molecular formula is C14H22N2O3S. The van der Waals surface area contributed by atoms with Crippen molar-refractivity contribution in [2.45, 2.75) is 11.3 Å². The predicted molar refractivity (Wildman–Crippen MR) is 79.9 cm³/mol. The van der Waals surface area contributed by atoms with E-state index in [1.165, 1.54) is 6.26 Å². The first-order valence-electron chi connectivity index (χ1n) is 6.90. The van der Waals surface area contributed by atoms with Crippen LogP contribution in [-0.4, -0.2) is 59.0 Å². The number of hydrogen-bond acceptors (Lipinski definition) is 5. The minimum atomic E-state index is -3.18. The second-order valence-corrected chi connectivity index (χ2v) is 6.99. The molecule has 1 aliphatic rings. The van der Waals surface area contributed by atoms with Gasteiger partial charge in [-0.1, -0.05) is 12.1 Å². The SMILES string of the molecule is CS(=O)(=O)c1ccccc1NCCCN1CCOCC1. The Balaban J connectivity index is 1.82. The lowest BCUT2D eigenvalue weighted by Gasteiger charge is -2.26. The third-order valence-corrected chi connectivity index (χ3v) is 4.51. The first-order chi connectivity index (χ1) is 9.57. The Kier molecular flexibility index (Phi) is 5.39. The van der Waals surface area contributed by atoms with E-state index >= 15 is 0 Å². The molecule has 0 atom stereocenters. The van der Waals surface area contributed by atoms with Gasteiger partial charge in [-0.3, -0.25) is 4.90 Å². The van der Waals surface area contributed by atoms with Gasteiger partial charge in [0.05, 0.1) is 23.8 Å². The molecule has 0 amide bonds. The summed E-state index contributed by atoms with van der Waals surface area (Å²) < 4.78 is 28.6. The Morgan fingerprint density at radius 1 is 1.25 bits per heavy atom. The van der Waals surface area contributed by atoms with Gasteiger partial charge >= 0.3 is 0 Å². The van der Waals surface area contributed by atoms with Crippen molar-refractivity contribution in [3.63, 3.8) is 0 Å². The van der Waals surface area contributed by atoms with Crippen molar-refractivity contribution in [2.75, 3.05) is 51.0 Å². The van der Waals surface area contributed by atoms with E-state index in [9.17, 15) is 8.42 Å². The number of morpholine rings is 1. The van der Waals surface area contributed by atoms with Gasteiger partial charge in [0.2, 0.25) is 0 Å². The lowest BCUT2D eigenvalue weighted by molar-refractivity contribution is 0.0378. The summed E-state index contributed by atoms with van der Waals surface area (Å²) in [4.78, 5) is 2.74. The number of nitrogens with zero attached hydrogens (tertiary/aromatic N) is 1. The smallest absolute Gasteiger partial charge is 0.177 e. The van der Waals surface area contributed by atoms with Crippen LogP contribution in [0.25, 0.3) is 0 Å². The number of benzene rings is 1. The maximum atomic E-state index is 11.7. The Bertz CT molecular complexity index is 525. The van der Waals surface area contributed by atoms with Gasteiger partial charge in [0, 0.05) is 25.9 Å². The van der Waals surface area contributed by atoms with Crippen LogP contribution in [0.4, 0.5) is 5.69 Å². The van der Waals surface area contributed by atoms with E-state index in [-0.39, 0.29) is 0 Å². The molecule has 0 spiro atoms. The highest BCUT2D eigenvalue weighted by Gasteiger charge is 2.12. The molecule has 1 aromatic rings. The Labute approximate surface area is 120 Å². The summed E-state index contributed by atoms with van der Waals surface area (Å²) in [6, 6.07) is 7.04. The number of nitrogens with one attached hydrogen (secondary N) is 1. The molecule has 2 rings (SSSR count). The minimum Gasteiger partial charge on any atom is -0.384 e. The third kappa shape index (κ3) is 4.47. The Morgan fingerprint density at radius 3 is 2.65 bits per heavy atom. The van der Waals surface area contributed by atoms with Crippen LogP contribution in [0, 0.1) is 0 Å². The van der Waals surface area contributed by atoms with Gasteiger partial charge in [-0.05, 0) is 25.1 Å². The molecule has 20 heavy (non-hydrogen) atoms. The lowest BCUT2D eigenvalue weighted by Crippen LogP contribution is -2.37. The number of sulfone groups is 1. The number of rotatable bonds is 6. The molecule has 0 radical (unpaired) electrons. The molecule has 112 valence electrons. The van der Waals surface area contributed by atoms with Crippen molar-refractivity contribution in [1.29, 1.82) is 0 Å². The normalized spacial score (nSPS) is 17.1. The maximum absolute atomic E-state index is 11.7. The van der Waals surface area contributed by atoms with E-state index < -0.39 is 9.84 Å². The van der Waals surface area contributed by atoms with Crippen LogP contribution in [0.5, 0.6) is 0 Å². The molecule has 0 bridgehead atoms. The molecule has 1 aliphatic heterocycles. The zero-order valence-electron chi connectivity index (χ0n) is 11.8. The van der Waals surface area contributed by atoms with Crippen molar-refractivity contribution < 1.29 is 13.2 Å². The summed E-state index contributed by atoms with van der Waals surface area (Å²) in [6.07, 6.45) is 2.22. The molecule has 1 fully saturated rings. The van der Waals surface area contributed by atoms with E-state index in [1.54, 1.807) is 12.1 Å². The molecular weight excluding hydrogens is 276 g/mol. The van der Waals surface area contributed by atoms with Gasteiger partial charge in [0.15, 0.2) is 9.84 Å². The highest BCUT2D eigenvalue weighted by Crippen LogP contribution is 2.20. The maximum Gasteiger partial charge on any atom is 0.177 e. The van der Waals surface area contributed by atoms with E-state index in [2.05, 4.69) is 10.2 Å². The fourth-order valence-electron chi connectivity index (χ4n) is 2.29. The molecule has 1 saturated heterocycles. The predicted octanol–water partition coefficient (Wildman–Crippen LogP) is 1.22. The van der Waals surface area contributed by atoms with Crippen molar-refractivity contribution in [1.82, 2.24) is 4.90 Å². The monoisotopic (exact) mass is 298 g/mol. The van der Waals surface area contributed by atoms with Crippen LogP contribution in [0.15, 0.2) is 29.2 Å². The van der Waals surface area contributed by atoms with E-state index in [0.717, 1.165) is 45.8 Å². The highest BCUT2D eigenvalue weighted by atomic mass is 32.2. The number of anilines is 1. The van der Waals surface area contributed by atoms with Gasteiger partial charge in [0.1, 0.15) is 0 Å². The average Bonchev–Trinajstić information content (AvgIpc) is 2.44. The summed E-state index contributed by atoms with van der Waals surface area (Å²) in [6.45, 7) is 5.37. The highest BCUT2D eigenvalue weighted by molar-refractivity contribution is 7.90. The average molecular weight is 298 g/mol. The topological polar surface area (TPSA) is 58.6 Å².